The summed E-state index contributed by atoms with van der Waals surface area (Å²) in [7, 11) is 0. The van der Waals surface area contributed by atoms with Crippen molar-refractivity contribution in [1.82, 2.24) is 0 Å². The summed E-state index contributed by atoms with van der Waals surface area (Å²) in [6.07, 6.45) is 6.83. The van der Waals surface area contributed by atoms with Gasteiger partial charge in [0.1, 0.15) is 5.75 Å². The van der Waals surface area contributed by atoms with Crippen LogP contribution in [0.5, 0.6) is 5.75 Å². The molecule has 1 saturated carbocycles. The highest BCUT2D eigenvalue weighted by atomic mass is 127. The Morgan fingerprint density at radius 2 is 1.88 bits per heavy atom. The molecule has 0 bridgehead atoms. The molecule has 0 atom stereocenters. The zero-order valence-electron chi connectivity index (χ0n) is 10.2. The molecule has 0 amide bonds. The summed E-state index contributed by atoms with van der Waals surface area (Å²) in [5.41, 5.74) is 0. The molecule has 1 aliphatic carbocycles. The minimum Gasteiger partial charge on any atom is -0.493 e. The predicted octanol–water partition coefficient (Wildman–Crippen LogP) is 2.57. The van der Waals surface area contributed by atoms with Crippen LogP contribution in [0.1, 0.15) is 32.1 Å². The molecule has 1 aromatic rings. The molecule has 0 aliphatic heterocycles. The zero-order valence-corrected chi connectivity index (χ0v) is 12.4. The Balaban J connectivity index is 1.55. The molecule has 1 aromatic carbocycles. The molecule has 1 aliphatic rings. The molecular formula is C14H21INO+. The quantitative estimate of drug-likeness (QED) is 0.622. The Kier molecular flexibility index (Phi) is 5.58. The van der Waals surface area contributed by atoms with Crippen molar-refractivity contribution in [3.63, 3.8) is 0 Å². The van der Waals surface area contributed by atoms with Crippen LogP contribution >= 0.6 is 22.6 Å². The molecule has 0 unspecified atom stereocenters. The summed E-state index contributed by atoms with van der Waals surface area (Å²) in [5, 5.41) is 2.50. The molecule has 17 heavy (non-hydrogen) atoms. The van der Waals surface area contributed by atoms with E-state index in [0.717, 1.165) is 24.8 Å². The second-order valence-corrected chi connectivity index (χ2v) is 5.97. The fourth-order valence-electron chi connectivity index (χ4n) is 2.35. The third-order valence-corrected chi connectivity index (χ3v) is 4.05. The first-order valence-corrected chi connectivity index (χ1v) is 7.64. The standard InChI is InChI=1S/C14H20INO/c15-12-6-8-14(9-7-12)17-11-3-10-16-13-4-1-2-5-13/h6-9,13,16H,1-5,10-11H2/p+1. The van der Waals surface area contributed by atoms with E-state index >= 15 is 0 Å². The SMILES string of the molecule is Ic1ccc(OCCC[NH2+]C2CCCC2)cc1. The van der Waals surface area contributed by atoms with E-state index in [4.69, 9.17) is 4.74 Å². The van der Waals surface area contributed by atoms with Crippen LogP contribution in [0.2, 0.25) is 0 Å². The van der Waals surface area contributed by atoms with Gasteiger partial charge in [0.15, 0.2) is 0 Å². The van der Waals surface area contributed by atoms with Gasteiger partial charge in [-0.2, -0.15) is 0 Å². The fraction of sp³-hybridized carbons (Fsp3) is 0.571. The summed E-state index contributed by atoms with van der Waals surface area (Å²) in [6, 6.07) is 9.15. The third kappa shape index (κ3) is 4.84. The van der Waals surface area contributed by atoms with Crippen molar-refractivity contribution in [2.24, 2.45) is 0 Å². The molecule has 1 fully saturated rings. The van der Waals surface area contributed by atoms with E-state index in [9.17, 15) is 0 Å². The van der Waals surface area contributed by atoms with E-state index < -0.39 is 0 Å². The molecule has 0 saturated heterocycles. The molecule has 0 radical (unpaired) electrons. The third-order valence-electron chi connectivity index (χ3n) is 3.33. The second-order valence-electron chi connectivity index (χ2n) is 4.72. The first-order chi connectivity index (χ1) is 8.34. The summed E-state index contributed by atoms with van der Waals surface area (Å²) >= 11 is 2.31. The second kappa shape index (κ2) is 7.21. The van der Waals surface area contributed by atoms with Gasteiger partial charge in [0.25, 0.3) is 0 Å². The maximum Gasteiger partial charge on any atom is 0.119 e. The Hall–Kier alpha value is -0.290. The van der Waals surface area contributed by atoms with Gasteiger partial charge >= 0.3 is 0 Å². The lowest BCUT2D eigenvalue weighted by atomic mass is 10.2. The number of benzene rings is 1. The number of hydrogen-bond acceptors (Lipinski definition) is 1. The van der Waals surface area contributed by atoms with Crippen LogP contribution in [0.25, 0.3) is 0 Å². The average Bonchev–Trinajstić information content (AvgIpc) is 2.84. The van der Waals surface area contributed by atoms with Crippen molar-refractivity contribution in [2.45, 2.75) is 38.1 Å². The number of nitrogens with two attached hydrogens (primary N) is 1. The summed E-state index contributed by atoms with van der Waals surface area (Å²) < 4.78 is 6.96. The summed E-state index contributed by atoms with van der Waals surface area (Å²) in [6.45, 7) is 2.04. The van der Waals surface area contributed by atoms with Gasteiger partial charge < -0.3 is 10.1 Å². The summed E-state index contributed by atoms with van der Waals surface area (Å²) in [4.78, 5) is 0. The Bertz CT molecular complexity index is 319. The number of halogens is 1. The van der Waals surface area contributed by atoms with E-state index in [1.807, 2.05) is 12.1 Å². The fourth-order valence-corrected chi connectivity index (χ4v) is 2.71. The summed E-state index contributed by atoms with van der Waals surface area (Å²) in [5.74, 6) is 0.992. The van der Waals surface area contributed by atoms with Crippen molar-refractivity contribution >= 4 is 22.6 Å². The van der Waals surface area contributed by atoms with Gasteiger partial charge in [-0.3, -0.25) is 0 Å². The lowest BCUT2D eigenvalue weighted by Gasteiger charge is -2.09. The Morgan fingerprint density at radius 1 is 1.18 bits per heavy atom. The molecule has 2 rings (SSSR count). The van der Waals surface area contributed by atoms with E-state index in [1.54, 1.807) is 0 Å². The van der Waals surface area contributed by atoms with Gasteiger partial charge in [0, 0.05) is 9.99 Å². The molecular weight excluding hydrogens is 325 g/mol. The number of hydrogen-bond donors (Lipinski definition) is 1. The molecule has 2 N–H and O–H groups in total. The molecule has 2 nitrogen and oxygen atoms in total. The Labute approximate surface area is 117 Å². The number of ether oxygens (including phenoxy) is 1. The minimum atomic E-state index is 0.837. The highest BCUT2D eigenvalue weighted by Gasteiger charge is 2.16. The van der Waals surface area contributed by atoms with Gasteiger partial charge in [0.2, 0.25) is 0 Å². The van der Waals surface area contributed by atoms with Crippen molar-refractivity contribution < 1.29 is 10.1 Å². The van der Waals surface area contributed by atoms with Crippen molar-refractivity contribution in [3.8, 4) is 5.75 Å². The normalized spacial score (nSPS) is 16.3. The molecule has 0 spiro atoms. The van der Waals surface area contributed by atoms with Gasteiger partial charge in [-0.05, 0) is 72.5 Å². The average molecular weight is 346 g/mol. The largest absolute Gasteiger partial charge is 0.493 e. The van der Waals surface area contributed by atoms with E-state index in [0.29, 0.717) is 0 Å². The van der Waals surface area contributed by atoms with Crippen molar-refractivity contribution in [2.75, 3.05) is 13.2 Å². The van der Waals surface area contributed by atoms with Crippen LogP contribution in [0.3, 0.4) is 0 Å². The highest BCUT2D eigenvalue weighted by molar-refractivity contribution is 14.1. The van der Waals surface area contributed by atoms with Gasteiger partial charge in [0.05, 0.1) is 19.2 Å². The smallest absolute Gasteiger partial charge is 0.119 e. The van der Waals surface area contributed by atoms with Crippen LogP contribution in [0.15, 0.2) is 24.3 Å². The van der Waals surface area contributed by atoms with Crippen molar-refractivity contribution in [3.05, 3.63) is 27.8 Å². The van der Waals surface area contributed by atoms with Crippen molar-refractivity contribution in [1.29, 1.82) is 0 Å². The molecule has 0 heterocycles. The first-order valence-electron chi connectivity index (χ1n) is 6.56. The predicted molar refractivity (Wildman–Crippen MR) is 78.3 cm³/mol. The molecule has 0 aromatic heterocycles. The van der Waals surface area contributed by atoms with Crippen LogP contribution < -0.4 is 10.1 Å². The van der Waals surface area contributed by atoms with Gasteiger partial charge in [-0.15, -0.1) is 0 Å². The minimum absolute atomic E-state index is 0.837. The maximum atomic E-state index is 5.70. The zero-order chi connectivity index (χ0) is 11.9. The molecule has 3 heteroatoms. The van der Waals surface area contributed by atoms with Crippen LogP contribution in [-0.2, 0) is 0 Å². The highest BCUT2D eigenvalue weighted by Crippen LogP contribution is 2.14. The molecule has 94 valence electrons. The van der Waals surface area contributed by atoms with E-state index in [2.05, 4.69) is 40.0 Å². The number of quaternary nitrogens is 1. The van der Waals surface area contributed by atoms with Crippen LogP contribution in [-0.4, -0.2) is 19.2 Å². The lowest BCUT2D eigenvalue weighted by Crippen LogP contribution is -2.89. The van der Waals surface area contributed by atoms with E-state index in [-0.39, 0.29) is 0 Å². The maximum absolute atomic E-state index is 5.70. The van der Waals surface area contributed by atoms with Crippen LogP contribution in [0.4, 0.5) is 0 Å². The monoisotopic (exact) mass is 346 g/mol. The Morgan fingerprint density at radius 3 is 2.59 bits per heavy atom. The van der Waals surface area contributed by atoms with Gasteiger partial charge in [-0.1, -0.05) is 0 Å². The number of rotatable bonds is 6. The van der Waals surface area contributed by atoms with Crippen LogP contribution in [0, 0.1) is 3.57 Å². The van der Waals surface area contributed by atoms with E-state index in [1.165, 1.54) is 35.8 Å². The topological polar surface area (TPSA) is 25.8 Å². The first kappa shape index (κ1) is 13.1. The van der Waals surface area contributed by atoms with Gasteiger partial charge in [-0.25, -0.2) is 0 Å². The lowest BCUT2D eigenvalue weighted by molar-refractivity contribution is -0.688.